The van der Waals surface area contributed by atoms with E-state index in [2.05, 4.69) is 10.3 Å². The molecule has 3 N–H and O–H groups in total. The van der Waals surface area contributed by atoms with Gasteiger partial charge in [-0.05, 0) is 52.3 Å². The Morgan fingerprint density at radius 2 is 2.00 bits per heavy atom. The second-order valence-corrected chi connectivity index (χ2v) is 5.79. The number of nitrogens with one attached hydrogen (secondary N) is 2. The van der Waals surface area contributed by atoms with Gasteiger partial charge in [0.15, 0.2) is 0 Å². The van der Waals surface area contributed by atoms with Crippen molar-refractivity contribution in [1.82, 2.24) is 10.3 Å². The van der Waals surface area contributed by atoms with Crippen LogP contribution in [0.15, 0.2) is 16.5 Å². The zero-order valence-corrected chi connectivity index (χ0v) is 13.1. The first-order valence-electron chi connectivity index (χ1n) is 6.95. The van der Waals surface area contributed by atoms with Crippen LogP contribution in [0.1, 0.15) is 45.8 Å². The molecule has 0 fully saturated rings. The Balaban J connectivity index is 2.10. The molecule has 0 aromatic carbocycles. The molecule has 2 heterocycles. The molecular formula is C16H22N2O3. The minimum Gasteiger partial charge on any atom is -0.466 e. The number of aryl methyl sites for hydroxylation is 4. The maximum absolute atomic E-state index is 12.2. The van der Waals surface area contributed by atoms with Crippen LogP contribution in [0.4, 0.5) is 0 Å². The summed E-state index contributed by atoms with van der Waals surface area (Å²) in [6, 6.07) is 3.71. The fourth-order valence-corrected chi connectivity index (χ4v) is 2.57. The highest BCUT2D eigenvalue weighted by Crippen LogP contribution is 2.26. The smallest absolute Gasteiger partial charge is 0.268 e. The third-order valence-electron chi connectivity index (χ3n) is 3.59. The summed E-state index contributed by atoms with van der Waals surface area (Å²) in [5.74, 6) is 1.18. The lowest BCUT2D eigenvalue weighted by Gasteiger charge is -2.23. The molecule has 2 rings (SSSR count). The SMILES string of the molecule is Cc1cc(C)c(C(=O)NCC(C)(O)c2cc(C)oc2C)[nH]1. The van der Waals surface area contributed by atoms with Crippen LogP contribution in [-0.2, 0) is 5.60 Å². The summed E-state index contributed by atoms with van der Waals surface area (Å²) in [6.07, 6.45) is 0. The van der Waals surface area contributed by atoms with Gasteiger partial charge in [-0.2, -0.15) is 0 Å². The van der Waals surface area contributed by atoms with Gasteiger partial charge in [-0.3, -0.25) is 4.79 Å². The molecule has 114 valence electrons. The number of hydrogen-bond donors (Lipinski definition) is 3. The van der Waals surface area contributed by atoms with Crippen LogP contribution in [-0.4, -0.2) is 22.5 Å². The van der Waals surface area contributed by atoms with Crippen molar-refractivity contribution >= 4 is 5.91 Å². The van der Waals surface area contributed by atoms with Crippen LogP contribution in [0, 0.1) is 27.7 Å². The van der Waals surface area contributed by atoms with E-state index in [0.717, 1.165) is 17.0 Å². The lowest BCUT2D eigenvalue weighted by atomic mass is 9.96. The van der Waals surface area contributed by atoms with Crippen molar-refractivity contribution in [3.05, 3.63) is 46.2 Å². The van der Waals surface area contributed by atoms with Crippen molar-refractivity contribution in [2.75, 3.05) is 6.54 Å². The predicted octanol–water partition coefficient (Wildman–Crippen LogP) is 2.48. The van der Waals surface area contributed by atoms with Crippen molar-refractivity contribution in [3.8, 4) is 0 Å². The van der Waals surface area contributed by atoms with Gasteiger partial charge >= 0.3 is 0 Å². The average molecular weight is 290 g/mol. The number of H-pyrrole nitrogens is 1. The van der Waals surface area contributed by atoms with Gasteiger partial charge in [0.1, 0.15) is 22.8 Å². The Labute approximate surface area is 124 Å². The van der Waals surface area contributed by atoms with Gasteiger partial charge in [-0.1, -0.05) is 0 Å². The number of aromatic amines is 1. The summed E-state index contributed by atoms with van der Waals surface area (Å²) < 4.78 is 5.44. The van der Waals surface area contributed by atoms with E-state index in [1.54, 1.807) is 19.9 Å². The number of aromatic nitrogens is 1. The standard InChI is InChI=1S/C16H22N2O3/c1-9-6-10(2)18-14(9)15(19)17-8-16(5,20)13-7-11(3)21-12(13)4/h6-7,18,20H,8H2,1-5H3,(H,17,19). The number of carbonyl (C=O) groups is 1. The zero-order chi connectivity index (χ0) is 15.8. The normalized spacial score (nSPS) is 14.0. The van der Waals surface area contributed by atoms with E-state index >= 15 is 0 Å². The van der Waals surface area contributed by atoms with Gasteiger partial charge in [0.2, 0.25) is 0 Å². The van der Waals surface area contributed by atoms with E-state index in [0.29, 0.717) is 17.0 Å². The fourth-order valence-electron chi connectivity index (χ4n) is 2.57. The minimum atomic E-state index is -1.17. The third-order valence-corrected chi connectivity index (χ3v) is 3.59. The Morgan fingerprint density at radius 1 is 1.33 bits per heavy atom. The van der Waals surface area contributed by atoms with Gasteiger partial charge in [0.25, 0.3) is 5.91 Å². The third kappa shape index (κ3) is 3.19. The molecule has 0 aliphatic rings. The first-order valence-corrected chi connectivity index (χ1v) is 6.95. The molecule has 1 atom stereocenters. The molecule has 1 unspecified atom stereocenters. The fraction of sp³-hybridized carbons (Fsp3) is 0.438. The minimum absolute atomic E-state index is 0.114. The molecule has 0 bridgehead atoms. The summed E-state index contributed by atoms with van der Waals surface area (Å²) in [7, 11) is 0. The summed E-state index contributed by atoms with van der Waals surface area (Å²) in [4.78, 5) is 15.2. The molecule has 0 aliphatic heterocycles. The molecule has 0 radical (unpaired) electrons. The topological polar surface area (TPSA) is 78.3 Å². The Hall–Kier alpha value is -2.01. The van der Waals surface area contributed by atoms with E-state index in [-0.39, 0.29) is 12.5 Å². The second kappa shape index (κ2) is 5.41. The average Bonchev–Trinajstić information content (AvgIpc) is 2.89. The van der Waals surface area contributed by atoms with Crippen LogP contribution >= 0.6 is 0 Å². The van der Waals surface area contributed by atoms with Gasteiger partial charge in [-0.25, -0.2) is 0 Å². The number of carbonyl (C=O) groups excluding carboxylic acids is 1. The Morgan fingerprint density at radius 3 is 2.48 bits per heavy atom. The molecule has 0 saturated carbocycles. The van der Waals surface area contributed by atoms with E-state index in [9.17, 15) is 9.90 Å². The predicted molar refractivity (Wildman–Crippen MR) is 80.4 cm³/mol. The first kappa shape index (κ1) is 15.4. The van der Waals surface area contributed by atoms with Crippen molar-refractivity contribution in [2.24, 2.45) is 0 Å². The number of rotatable bonds is 4. The number of furan rings is 1. The molecule has 2 aromatic rings. The summed E-state index contributed by atoms with van der Waals surface area (Å²) in [5.41, 5.74) is 1.88. The highest BCUT2D eigenvalue weighted by Gasteiger charge is 2.28. The lowest BCUT2D eigenvalue weighted by Crippen LogP contribution is -2.39. The maximum atomic E-state index is 12.2. The summed E-state index contributed by atoms with van der Waals surface area (Å²) in [5, 5.41) is 13.3. The van der Waals surface area contributed by atoms with E-state index in [1.165, 1.54) is 0 Å². The van der Waals surface area contributed by atoms with E-state index < -0.39 is 5.60 Å². The van der Waals surface area contributed by atoms with Crippen molar-refractivity contribution in [1.29, 1.82) is 0 Å². The van der Waals surface area contributed by atoms with Gasteiger partial charge in [0.05, 0.1) is 6.54 Å². The molecular weight excluding hydrogens is 268 g/mol. The molecule has 0 aliphatic carbocycles. The monoisotopic (exact) mass is 290 g/mol. The Kier molecular flexibility index (Phi) is 3.96. The van der Waals surface area contributed by atoms with Crippen LogP contribution in [0.2, 0.25) is 0 Å². The summed E-state index contributed by atoms with van der Waals surface area (Å²) >= 11 is 0. The highest BCUT2D eigenvalue weighted by molar-refractivity contribution is 5.94. The largest absolute Gasteiger partial charge is 0.466 e. The molecule has 21 heavy (non-hydrogen) atoms. The maximum Gasteiger partial charge on any atom is 0.268 e. The number of hydrogen-bond acceptors (Lipinski definition) is 3. The number of amides is 1. The molecule has 0 saturated heterocycles. The van der Waals surface area contributed by atoms with Crippen molar-refractivity contribution < 1.29 is 14.3 Å². The highest BCUT2D eigenvalue weighted by atomic mass is 16.3. The molecule has 2 aromatic heterocycles. The van der Waals surface area contributed by atoms with Crippen LogP contribution in [0.25, 0.3) is 0 Å². The van der Waals surface area contributed by atoms with Crippen LogP contribution < -0.4 is 5.32 Å². The van der Waals surface area contributed by atoms with Gasteiger partial charge in [-0.15, -0.1) is 0 Å². The van der Waals surface area contributed by atoms with Crippen LogP contribution in [0.3, 0.4) is 0 Å². The number of aliphatic hydroxyl groups is 1. The second-order valence-electron chi connectivity index (χ2n) is 5.79. The first-order chi connectivity index (χ1) is 9.70. The molecule has 5 nitrogen and oxygen atoms in total. The Bertz CT molecular complexity index is 665. The van der Waals surface area contributed by atoms with Gasteiger partial charge < -0.3 is 19.8 Å². The van der Waals surface area contributed by atoms with E-state index in [1.807, 2.05) is 26.8 Å². The van der Waals surface area contributed by atoms with Gasteiger partial charge in [0, 0.05) is 11.3 Å². The lowest BCUT2D eigenvalue weighted by molar-refractivity contribution is 0.0512. The van der Waals surface area contributed by atoms with Crippen LogP contribution in [0.5, 0.6) is 0 Å². The zero-order valence-electron chi connectivity index (χ0n) is 13.1. The summed E-state index contributed by atoms with van der Waals surface area (Å²) in [6.45, 7) is 9.19. The van der Waals surface area contributed by atoms with Crippen molar-refractivity contribution in [3.63, 3.8) is 0 Å². The van der Waals surface area contributed by atoms with E-state index in [4.69, 9.17) is 4.42 Å². The van der Waals surface area contributed by atoms with Crippen molar-refractivity contribution in [2.45, 2.75) is 40.2 Å². The molecule has 0 spiro atoms. The molecule has 5 heteroatoms. The molecule has 1 amide bonds. The quantitative estimate of drug-likeness (QED) is 0.809.